The topological polar surface area (TPSA) is 65.0 Å². The highest BCUT2D eigenvalue weighted by molar-refractivity contribution is 6.35. The van der Waals surface area contributed by atoms with Crippen molar-refractivity contribution in [2.24, 2.45) is 16.7 Å². The van der Waals surface area contributed by atoms with Crippen LogP contribution < -0.4 is 14.2 Å². The van der Waals surface area contributed by atoms with E-state index in [4.69, 9.17) is 25.8 Å². The second-order valence-electron chi connectivity index (χ2n) is 9.16. The lowest BCUT2D eigenvalue weighted by atomic mass is 9.41. The number of hydrogen-bond donors (Lipinski definition) is 1. The lowest BCUT2D eigenvalue weighted by molar-refractivity contribution is -0.0413. The summed E-state index contributed by atoms with van der Waals surface area (Å²) in [5.74, 6) is 0.712. The average Bonchev–Trinajstić information content (AvgIpc) is 2.93. The number of aliphatic hydroxyl groups excluding tert-OH is 1. The predicted molar refractivity (Wildman–Crippen MR) is 107 cm³/mol. The van der Waals surface area contributed by atoms with Crippen LogP contribution in [-0.2, 0) is 0 Å². The van der Waals surface area contributed by atoms with Crippen LogP contribution in [0.25, 0.3) is 0 Å². The molecule has 3 aliphatic rings. The van der Waals surface area contributed by atoms with Crippen molar-refractivity contribution in [2.45, 2.75) is 52.7 Å². The van der Waals surface area contributed by atoms with Crippen molar-refractivity contribution in [1.82, 2.24) is 0 Å². The normalized spacial score (nSPS) is 31.8. The van der Waals surface area contributed by atoms with E-state index >= 15 is 0 Å². The number of carbonyl (C=O) groups excluding carboxylic acids is 1. The van der Waals surface area contributed by atoms with Gasteiger partial charge in [-0.1, -0.05) is 46.2 Å². The number of methoxy groups -OCH3 is 2. The molecule has 1 aromatic carbocycles. The van der Waals surface area contributed by atoms with Crippen molar-refractivity contribution < 1.29 is 24.1 Å². The molecule has 1 heterocycles. The summed E-state index contributed by atoms with van der Waals surface area (Å²) in [5, 5.41) is 11.1. The lowest BCUT2D eigenvalue weighted by Gasteiger charge is -2.64. The van der Waals surface area contributed by atoms with Gasteiger partial charge < -0.3 is 19.3 Å². The summed E-state index contributed by atoms with van der Waals surface area (Å²) in [6.45, 7) is 10.4. The Morgan fingerprint density at radius 2 is 1.75 bits per heavy atom. The number of ether oxygens (including phenoxy) is 3. The number of fused-ring (bicyclic) bond motifs is 2. The van der Waals surface area contributed by atoms with Gasteiger partial charge in [-0.05, 0) is 28.4 Å². The number of halogens is 1. The zero-order valence-electron chi connectivity index (χ0n) is 17.4. The summed E-state index contributed by atoms with van der Waals surface area (Å²) in [7, 11) is 3.02. The van der Waals surface area contributed by atoms with Crippen LogP contribution in [0.1, 0.15) is 51.4 Å². The third-order valence-electron chi connectivity index (χ3n) is 7.52. The van der Waals surface area contributed by atoms with Gasteiger partial charge in [-0.25, -0.2) is 0 Å². The molecule has 0 saturated carbocycles. The summed E-state index contributed by atoms with van der Waals surface area (Å²) in [4.78, 5) is 13.9. The fourth-order valence-electron chi connectivity index (χ4n) is 5.44. The van der Waals surface area contributed by atoms with Crippen LogP contribution in [-0.4, -0.2) is 36.8 Å². The number of hydrogen-bond acceptors (Lipinski definition) is 5. The first kappa shape index (κ1) is 19.6. The summed E-state index contributed by atoms with van der Waals surface area (Å²) >= 11 is 6.53. The summed E-state index contributed by atoms with van der Waals surface area (Å²) in [5.41, 5.74) is 0.412. The van der Waals surface area contributed by atoms with E-state index in [2.05, 4.69) is 27.7 Å². The molecule has 3 atom stereocenters. The molecule has 152 valence electrons. The zero-order chi connectivity index (χ0) is 20.8. The van der Waals surface area contributed by atoms with Gasteiger partial charge in [0.1, 0.15) is 22.1 Å². The molecule has 5 nitrogen and oxygen atoms in total. The summed E-state index contributed by atoms with van der Waals surface area (Å²) in [6.07, 6.45) is -0.125. The molecule has 0 fully saturated rings. The zero-order valence-corrected chi connectivity index (χ0v) is 18.2. The fourth-order valence-corrected chi connectivity index (χ4v) is 5.70. The molecule has 0 unspecified atom stereocenters. The van der Waals surface area contributed by atoms with Gasteiger partial charge in [0.05, 0.1) is 20.3 Å². The molecule has 1 aliphatic heterocycles. The molecule has 4 rings (SSSR count). The molecule has 0 amide bonds. The van der Waals surface area contributed by atoms with E-state index in [0.717, 1.165) is 11.1 Å². The highest BCUT2D eigenvalue weighted by Crippen LogP contribution is 2.70. The van der Waals surface area contributed by atoms with Crippen LogP contribution in [0.4, 0.5) is 0 Å². The quantitative estimate of drug-likeness (QED) is 0.736. The first-order chi connectivity index (χ1) is 13.0. The summed E-state index contributed by atoms with van der Waals surface area (Å²) < 4.78 is 17.3. The smallest absolute Gasteiger partial charge is 0.218 e. The minimum absolute atomic E-state index is 0.153. The third kappa shape index (κ3) is 1.94. The van der Waals surface area contributed by atoms with E-state index in [0.29, 0.717) is 29.2 Å². The number of carbonyl (C=O) groups is 1. The number of rotatable bonds is 2. The molecule has 0 radical (unpaired) electrons. The maximum atomic E-state index is 13.9. The van der Waals surface area contributed by atoms with Gasteiger partial charge in [0, 0.05) is 12.0 Å². The molecular formula is C22H27ClO5. The minimum Gasteiger partial charge on any atom is -0.496 e. The molecule has 0 bridgehead atoms. The van der Waals surface area contributed by atoms with Crippen molar-refractivity contribution in [3.05, 3.63) is 27.8 Å². The van der Waals surface area contributed by atoms with Gasteiger partial charge in [-0.15, -0.1) is 0 Å². The van der Waals surface area contributed by atoms with E-state index in [-0.39, 0.29) is 27.6 Å². The Morgan fingerprint density at radius 3 is 2.32 bits per heavy atom. The third-order valence-corrected chi connectivity index (χ3v) is 7.88. The Morgan fingerprint density at radius 1 is 1.14 bits per heavy atom. The van der Waals surface area contributed by atoms with Crippen molar-refractivity contribution in [2.75, 3.05) is 14.2 Å². The molecule has 6 heteroatoms. The van der Waals surface area contributed by atoms with Crippen LogP contribution in [0, 0.1) is 16.7 Å². The van der Waals surface area contributed by atoms with E-state index in [1.807, 2.05) is 6.92 Å². The van der Waals surface area contributed by atoms with E-state index in [1.165, 1.54) is 14.2 Å². The van der Waals surface area contributed by atoms with E-state index in [1.54, 1.807) is 6.07 Å². The standard InChI is InChI=1S/C22H27ClO5/c1-10-8-11(24)15-18(21(4,5)20(15,2)3)22(10)19(25)14-12(26-6)9-13(27-7)16(23)17(14)28-22/h9-11,24H,8H2,1-7H3/t10-,11-,22+/m1/s1. The molecule has 1 N–H and O–H groups in total. The highest BCUT2D eigenvalue weighted by atomic mass is 35.5. The van der Waals surface area contributed by atoms with Crippen LogP contribution in [0.2, 0.25) is 5.02 Å². The minimum atomic E-state index is -1.18. The number of benzene rings is 1. The molecule has 1 spiro atoms. The molecule has 0 saturated heterocycles. The first-order valence-electron chi connectivity index (χ1n) is 9.58. The van der Waals surface area contributed by atoms with Gasteiger partial charge in [0.25, 0.3) is 0 Å². The van der Waals surface area contributed by atoms with Gasteiger partial charge in [0.15, 0.2) is 11.4 Å². The fraction of sp³-hybridized carbons (Fsp3) is 0.591. The van der Waals surface area contributed by atoms with Gasteiger partial charge in [0.2, 0.25) is 5.78 Å². The second kappa shape index (κ2) is 5.67. The van der Waals surface area contributed by atoms with Crippen LogP contribution in [0.5, 0.6) is 17.2 Å². The van der Waals surface area contributed by atoms with Crippen molar-refractivity contribution in [3.63, 3.8) is 0 Å². The molecule has 28 heavy (non-hydrogen) atoms. The van der Waals surface area contributed by atoms with E-state index < -0.39 is 11.7 Å². The molecule has 2 aliphatic carbocycles. The molecule has 1 aromatic rings. The van der Waals surface area contributed by atoms with Crippen LogP contribution in [0.15, 0.2) is 17.2 Å². The summed E-state index contributed by atoms with van der Waals surface area (Å²) in [6, 6.07) is 1.62. The van der Waals surface area contributed by atoms with Crippen molar-refractivity contribution in [3.8, 4) is 17.2 Å². The van der Waals surface area contributed by atoms with Crippen molar-refractivity contribution in [1.29, 1.82) is 0 Å². The maximum absolute atomic E-state index is 13.9. The second-order valence-corrected chi connectivity index (χ2v) is 9.54. The SMILES string of the molecule is COc1cc(OC)c2c(c1Cl)O[C@]1(C2=O)C2=C([C@H](O)C[C@H]1C)C(C)(C)C2(C)C. The van der Waals surface area contributed by atoms with Crippen molar-refractivity contribution >= 4 is 17.4 Å². The van der Waals surface area contributed by atoms with Crippen LogP contribution >= 0.6 is 11.6 Å². The number of Topliss-reactive ketones (excluding diaryl/α,β-unsaturated/α-hetero) is 1. The Bertz CT molecular complexity index is 929. The molecule has 0 aromatic heterocycles. The van der Waals surface area contributed by atoms with Gasteiger partial charge in [-0.3, -0.25) is 4.79 Å². The Balaban J connectivity index is 2.01. The number of ketones is 1. The van der Waals surface area contributed by atoms with Crippen LogP contribution in [0.3, 0.4) is 0 Å². The van der Waals surface area contributed by atoms with Gasteiger partial charge >= 0.3 is 0 Å². The van der Waals surface area contributed by atoms with Gasteiger partial charge in [-0.2, -0.15) is 0 Å². The average molecular weight is 407 g/mol. The Kier molecular flexibility index (Phi) is 3.97. The largest absolute Gasteiger partial charge is 0.496 e. The Labute approximate surface area is 170 Å². The number of aliphatic hydroxyl groups is 1. The van der Waals surface area contributed by atoms with E-state index in [9.17, 15) is 9.90 Å². The predicted octanol–water partition coefficient (Wildman–Crippen LogP) is 4.43. The molecular weight excluding hydrogens is 380 g/mol. The maximum Gasteiger partial charge on any atom is 0.218 e. The highest BCUT2D eigenvalue weighted by Gasteiger charge is 2.70. The monoisotopic (exact) mass is 406 g/mol. The first-order valence-corrected chi connectivity index (χ1v) is 9.96. The Hall–Kier alpha value is -1.72. The lowest BCUT2D eigenvalue weighted by Crippen LogP contribution is -2.65.